The Balaban J connectivity index is 1.47. The number of aryl methyl sites for hydroxylation is 2. The molecule has 0 aromatic heterocycles. The van der Waals surface area contributed by atoms with Crippen molar-refractivity contribution in [3.05, 3.63) is 58.7 Å². The van der Waals surface area contributed by atoms with E-state index in [2.05, 4.69) is 52.8 Å². The fraction of sp³-hybridized carbons (Fsp3) is 0.417. The van der Waals surface area contributed by atoms with Gasteiger partial charge in [-0.15, -0.1) is 0 Å². The lowest BCUT2D eigenvalue weighted by Gasteiger charge is -2.26. The molecule has 0 amide bonds. The van der Waals surface area contributed by atoms with Gasteiger partial charge in [0.2, 0.25) is 0 Å². The van der Waals surface area contributed by atoms with Crippen molar-refractivity contribution in [2.75, 3.05) is 46.5 Å². The number of hydrogen-bond donors (Lipinski definition) is 2. The summed E-state index contributed by atoms with van der Waals surface area (Å²) in [6.07, 6.45) is 1.70. The van der Waals surface area contributed by atoms with Crippen LogP contribution in [0.3, 0.4) is 0 Å². The third-order valence-corrected chi connectivity index (χ3v) is 5.51. The largest absolute Gasteiger partial charge is 0.493 e. The Morgan fingerprint density at radius 3 is 2.75 bits per heavy atom. The number of thiocarbonyl (C=S) groups is 1. The molecule has 0 unspecified atom stereocenters. The summed E-state index contributed by atoms with van der Waals surface area (Å²) in [5.41, 5.74) is 7.32. The van der Waals surface area contributed by atoms with Crippen molar-refractivity contribution in [3.63, 3.8) is 0 Å². The quantitative estimate of drug-likeness (QED) is 0.342. The summed E-state index contributed by atoms with van der Waals surface area (Å²) in [6.45, 7) is 9.87. The summed E-state index contributed by atoms with van der Waals surface area (Å²) in [4.78, 5) is 2.35. The van der Waals surface area contributed by atoms with Crippen molar-refractivity contribution in [1.82, 2.24) is 15.6 Å². The first-order valence-electron chi connectivity index (χ1n) is 10.8. The van der Waals surface area contributed by atoms with Crippen LogP contribution in [-0.4, -0.2) is 62.7 Å². The van der Waals surface area contributed by atoms with Crippen molar-refractivity contribution < 1.29 is 14.2 Å². The van der Waals surface area contributed by atoms with Gasteiger partial charge in [0.25, 0.3) is 0 Å². The maximum atomic E-state index is 6.01. The van der Waals surface area contributed by atoms with Gasteiger partial charge in [-0.25, -0.2) is 0 Å². The molecule has 32 heavy (non-hydrogen) atoms. The first-order valence-corrected chi connectivity index (χ1v) is 11.2. The zero-order valence-electron chi connectivity index (χ0n) is 19.0. The van der Waals surface area contributed by atoms with Crippen LogP contribution in [0.2, 0.25) is 0 Å². The molecule has 2 aromatic carbocycles. The molecule has 3 rings (SSSR count). The van der Waals surface area contributed by atoms with Crippen molar-refractivity contribution in [1.29, 1.82) is 0 Å². The van der Waals surface area contributed by atoms with Crippen molar-refractivity contribution in [3.8, 4) is 11.5 Å². The van der Waals surface area contributed by atoms with E-state index < -0.39 is 0 Å². The summed E-state index contributed by atoms with van der Waals surface area (Å²) < 4.78 is 16.9. The molecular weight excluding hydrogens is 424 g/mol. The van der Waals surface area contributed by atoms with Crippen molar-refractivity contribution in [2.45, 2.75) is 20.5 Å². The predicted molar refractivity (Wildman–Crippen MR) is 132 cm³/mol. The third-order valence-electron chi connectivity index (χ3n) is 5.27. The molecule has 1 fully saturated rings. The van der Waals surface area contributed by atoms with Gasteiger partial charge in [-0.1, -0.05) is 23.8 Å². The Morgan fingerprint density at radius 2 is 1.97 bits per heavy atom. The highest BCUT2D eigenvalue weighted by Crippen LogP contribution is 2.28. The van der Waals surface area contributed by atoms with E-state index in [0.717, 1.165) is 50.5 Å². The minimum Gasteiger partial charge on any atom is -0.493 e. The summed E-state index contributed by atoms with van der Waals surface area (Å²) in [6, 6.07) is 12.1. The zero-order chi connectivity index (χ0) is 22.8. The van der Waals surface area contributed by atoms with Gasteiger partial charge in [0.1, 0.15) is 6.61 Å². The normalized spacial score (nSPS) is 14.3. The highest BCUT2D eigenvalue weighted by atomic mass is 32.1. The first kappa shape index (κ1) is 24.0. The summed E-state index contributed by atoms with van der Waals surface area (Å²) in [5, 5.41) is 7.88. The van der Waals surface area contributed by atoms with Gasteiger partial charge in [-0.05, 0) is 61.0 Å². The molecule has 1 aliphatic heterocycles. The fourth-order valence-electron chi connectivity index (χ4n) is 3.35. The van der Waals surface area contributed by atoms with E-state index in [1.807, 2.05) is 18.2 Å². The number of methoxy groups -OCH3 is 1. The third kappa shape index (κ3) is 7.47. The molecule has 0 saturated carbocycles. The number of benzene rings is 2. The smallest absolute Gasteiger partial charge is 0.187 e. The molecule has 1 aliphatic rings. The van der Waals surface area contributed by atoms with Crippen molar-refractivity contribution >= 4 is 23.5 Å². The second-order valence-electron chi connectivity index (χ2n) is 7.71. The van der Waals surface area contributed by atoms with Gasteiger partial charge in [-0.3, -0.25) is 10.3 Å². The maximum Gasteiger partial charge on any atom is 0.187 e. The first-order chi connectivity index (χ1) is 15.5. The van der Waals surface area contributed by atoms with Gasteiger partial charge in [0.15, 0.2) is 16.6 Å². The topological polar surface area (TPSA) is 67.4 Å². The van der Waals surface area contributed by atoms with Crippen LogP contribution in [0.15, 0.2) is 41.5 Å². The molecule has 0 spiro atoms. The molecule has 2 N–H and O–H groups in total. The van der Waals surface area contributed by atoms with E-state index >= 15 is 0 Å². The number of hydrazone groups is 1. The number of nitrogens with zero attached hydrogens (tertiary/aromatic N) is 2. The standard InChI is InChI=1S/C24H32N4O3S/c1-18-4-5-19(2)21(14-18)17-31-22-7-6-20(15-23(22)29-3)16-26-27-24(32)25-8-9-28-10-12-30-13-11-28/h4-7,14-16H,8-13,17H2,1-3H3,(H2,25,27,32)/b26-16+. The Bertz CT molecular complexity index is 929. The average molecular weight is 457 g/mol. The molecular formula is C24H32N4O3S. The SMILES string of the molecule is COc1cc(/C=N/NC(=S)NCCN2CCOCC2)ccc1OCc1cc(C)ccc1C. The summed E-state index contributed by atoms with van der Waals surface area (Å²) >= 11 is 5.28. The monoisotopic (exact) mass is 456 g/mol. The van der Waals surface area contributed by atoms with Gasteiger partial charge in [0, 0.05) is 26.2 Å². The Hall–Kier alpha value is -2.68. The number of hydrogen-bond acceptors (Lipinski definition) is 6. The van der Waals surface area contributed by atoms with Crippen LogP contribution < -0.4 is 20.2 Å². The van der Waals surface area contributed by atoms with Crippen LogP contribution in [0.1, 0.15) is 22.3 Å². The van der Waals surface area contributed by atoms with Crippen LogP contribution in [0, 0.1) is 13.8 Å². The van der Waals surface area contributed by atoms with E-state index in [1.165, 1.54) is 11.1 Å². The molecule has 8 heteroatoms. The van der Waals surface area contributed by atoms with Gasteiger partial charge in [0.05, 0.1) is 26.5 Å². The van der Waals surface area contributed by atoms with Crippen LogP contribution in [0.4, 0.5) is 0 Å². The molecule has 1 heterocycles. The minimum atomic E-state index is 0.489. The van der Waals surface area contributed by atoms with Gasteiger partial charge >= 0.3 is 0 Å². The molecule has 0 atom stereocenters. The molecule has 1 saturated heterocycles. The minimum absolute atomic E-state index is 0.489. The number of rotatable bonds is 9. The predicted octanol–water partition coefficient (Wildman–Crippen LogP) is 3.02. The molecule has 172 valence electrons. The fourth-order valence-corrected chi connectivity index (χ4v) is 3.51. The van der Waals surface area contributed by atoms with Crippen LogP contribution in [-0.2, 0) is 11.3 Å². The second-order valence-corrected chi connectivity index (χ2v) is 8.12. The Kier molecular flexibility index (Phi) is 9.27. The summed E-state index contributed by atoms with van der Waals surface area (Å²) in [7, 11) is 1.63. The van der Waals surface area contributed by atoms with Gasteiger partial charge in [-0.2, -0.15) is 5.10 Å². The highest BCUT2D eigenvalue weighted by Gasteiger charge is 2.09. The molecule has 7 nitrogen and oxygen atoms in total. The summed E-state index contributed by atoms with van der Waals surface area (Å²) in [5.74, 6) is 1.35. The average Bonchev–Trinajstić information content (AvgIpc) is 2.80. The van der Waals surface area contributed by atoms with E-state index in [4.69, 9.17) is 26.4 Å². The van der Waals surface area contributed by atoms with Crippen molar-refractivity contribution in [2.24, 2.45) is 5.10 Å². The molecule has 0 aliphatic carbocycles. The zero-order valence-corrected chi connectivity index (χ0v) is 19.8. The van der Waals surface area contributed by atoms with E-state index in [0.29, 0.717) is 23.2 Å². The van der Waals surface area contributed by atoms with Gasteiger partial charge < -0.3 is 19.5 Å². The second kappa shape index (κ2) is 12.4. The van der Waals surface area contributed by atoms with Crippen LogP contribution >= 0.6 is 12.2 Å². The molecule has 0 radical (unpaired) electrons. The molecule has 0 bridgehead atoms. The Morgan fingerprint density at radius 1 is 1.16 bits per heavy atom. The number of ether oxygens (including phenoxy) is 3. The van der Waals surface area contributed by atoms with E-state index in [1.54, 1.807) is 13.3 Å². The van der Waals surface area contributed by atoms with E-state index in [-0.39, 0.29) is 0 Å². The van der Waals surface area contributed by atoms with E-state index in [9.17, 15) is 0 Å². The number of nitrogens with one attached hydrogen (secondary N) is 2. The lowest BCUT2D eigenvalue weighted by molar-refractivity contribution is 0.0389. The maximum absolute atomic E-state index is 6.01. The molecule has 2 aromatic rings. The highest BCUT2D eigenvalue weighted by molar-refractivity contribution is 7.80. The Labute approximate surface area is 195 Å². The van der Waals surface area contributed by atoms with Crippen LogP contribution in [0.25, 0.3) is 0 Å². The lowest BCUT2D eigenvalue weighted by Crippen LogP contribution is -2.42. The lowest BCUT2D eigenvalue weighted by atomic mass is 10.1. The van der Waals surface area contributed by atoms with Crippen LogP contribution in [0.5, 0.6) is 11.5 Å². The number of morpholine rings is 1.